The standard InChI is InChI=1S/C19H18ClFN4OS/c1-12-6-7-16(9-17(12)20)25-11-22-24-19(25)27-10-18(26)23-13(2)14-4-3-5-15(21)8-14/h3-9,11,13H,10H2,1-2H3,(H,23,26)/t13-/m1/s1. The number of thioether (sulfide) groups is 1. The number of nitrogens with one attached hydrogen (secondary N) is 1. The first-order chi connectivity index (χ1) is 12.9. The van der Waals surface area contributed by atoms with Gasteiger partial charge in [-0.15, -0.1) is 10.2 Å². The highest BCUT2D eigenvalue weighted by Crippen LogP contribution is 2.24. The van der Waals surface area contributed by atoms with Crippen LogP contribution >= 0.6 is 23.4 Å². The van der Waals surface area contributed by atoms with E-state index >= 15 is 0 Å². The van der Waals surface area contributed by atoms with Crippen LogP contribution in [0.15, 0.2) is 53.9 Å². The minimum absolute atomic E-state index is 0.165. The van der Waals surface area contributed by atoms with Crippen molar-refractivity contribution < 1.29 is 9.18 Å². The van der Waals surface area contributed by atoms with Gasteiger partial charge >= 0.3 is 0 Å². The van der Waals surface area contributed by atoms with Crippen LogP contribution in [0, 0.1) is 12.7 Å². The van der Waals surface area contributed by atoms with Gasteiger partial charge in [-0.25, -0.2) is 4.39 Å². The molecule has 0 spiro atoms. The molecular formula is C19H18ClFN4OS. The molecule has 3 aromatic rings. The lowest BCUT2D eigenvalue weighted by molar-refractivity contribution is -0.119. The van der Waals surface area contributed by atoms with Crippen LogP contribution in [0.25, 0.3) is 5.69 Å². The van der Waals surface area contributed by atoms with Crippen molar-refractivity contribution in [2.45, 2.75) is 25.0 Å². The molecule has 1 atom stereocenters. The third kappa shape index (κ3) is 4.87. The van der Waals surface area contributed by atoms with Crippen molar-refractivity contribution in [1.82, 2.24) is 20.1 Å². The van der Waals surface area contributed by atoms with Crippen molar-refractivity contribution in [3.8, 4) is 5.69 Å². The molecular weight excluding hydrogens is 387 g/mol. The van der Waals surface area contributed by atoms with Gasteiger partial charge in [0, 0.05) is 5.02 Å². The van der Waals surface area contributed by atoms with E-state index < -0.39 is 0 Å². The number of aromatic nitrogens is 3. The smallest absolute Gasteiger partial charge is 0.230 e. The van der Waals surface area contributed by atoms with E-state index in [9.17, 15) is 9.18 Å². The van der Waals surface area contributed by atoms with Crippen LogP contribution in [0.1, 0.15) is 24.1 Å². The summed E-state index contributed by atoms with van der Waals surface area (Å²) < 4.78 is 15.1. The lowest BCUT2D eigenvalue weighted by atomic mass is 10.1. The Labute approximate surface area is 166 Å². The van der Waals surface area contributed by atoms with Crippen molar-refractivity contribution in [1.29, 1.82) is 0 Å². The van der Waals surface area contributed by atoms with Crippen LogP contribution in [0.3, 0.4) is 0 Å². The highest BCUT2D eigenvalue weighted by Gasteiger charge is 2.14. The summed E-state index contributed by atoms with van der Waals surface area (Å²) >= 11 is 7.45. The Hall–Kier alpha value is -2.38. The average Bonchev–Trinajstić information content (AvgIpc) is 3.11. The fourth-order valence-electron chi connectivity index (χ4n) is 2.50. The molecule has 140 valence electrons. The van der Waals surface area contributed by atoms with Crippen molar-refractivity contribution in [2.75, 3.05) is 5.75 Å². The predicted octanol–water partition coefficient (Wildman–Crippen LogP) is 4.34. The molecule has 0 aliphatic heterocycles. The molecule has 0 aliphatic carbocycles. The molecule has 1 amide bonds. The van der Waals surface area contributed by atoms with E-state index in [4.69, 9.17) is 11.6 Å². The summed E-state index contributed by atoms with van der Waals surface area (Å²) in [5, 5.41) is 12.1. The zero-order valence-electron chi connectivity index (χ0n) is 14.8. The lowest BCUT2D eigenvalue weighted by Gasteiger charge is -2.14. The highest BCUT2D eigenvalue weighted by atomic mass is 35.5. The van der Waals surface area contributed by atoms with Crippen molar-refractivity contribution in [3.05, 3.63) is 70.8 Å². The van der Waals surface area contributed by atoms with Gasteiger partial charge in [0.15, 0.2) is 5.16 Å². The molecule has 0 saturated carbocycles. The number of amides is 1. The summed E-state index contributed by atoms with van der Waals surface area (Å²) in [7, 11) is 0. The number of benzene rings is 2. The summed E-state index contributed by atoms with van der Waals surface area (Å²) in [6.07, 6.45) is 1.58. The molecule has 1 aromatic heterocycles. The van der Waals surface area contributed by atoms with Gasteiger partial charge in [-0.2, -0.15) is 0 Å². The minimum Gasteiger partial charge on any atom is -0.349 e. The van der Waals surface area contributed by atoms with Crippen LogP contribution < -0.4 is 5.32 Å². The van der Waals surface area contributed by atoms with E-state index in [1.54, 1.807) is 23.0 Å². The molecule has 0 saturated heterocycles. The Kier molecular flexibility index (Phi) is 6.13. The number of nitrogens with zero attached hydrogens (tertiary/aromatic N) is 3. The maximum atomic E-state index is 13.3. The third-order valence-corrected chi connectivity index (χ3v) is 5.36. The summed E-state index contributed by atoms with van der Waals surface area (Å²) in [5.74, 6) is -0.334. The SMILES string of the molecule is Cc1ccc(-n2cnnc2SCC(=O)N[C@H](C)c2cccc(F)c2)cc1Cl. The predicted molar refractivity (Wildman–Crippen MR) is 105 cm³/mol. The fourth-order valence-corrected chi connectivity index (χ4v) is 3.42. The van der Waals surface area contributed by atoms with Crippen LogP contribution in [-0.4, -0.2) is 26.4 Å². The normalized spacial score (nSPS) is 12.0. The Morgan fingerprint density at radius 1 is 1.33 bits per heavy atom. The van der Waals surface area contributed by atoms with Crippen molar-refractivity contribution in [2.24, 2.45) is 0 Å². The maximum Gasteiger partial charge on any atom is 0.230 e. The van der Waals surface area contributed by atoms with Gasteiger partial charge in [0.05, 0.1) is 17.5 Å². The van der Waals surface area contributed by atoms with Gasteiger partial charge in [-0.1, -0.05) is 41.6 Å². The lowest BCUT2D eigenvalue weighted by Crippen LogP contribution is -2.28. The van der Waals surface area contributed by atoms with Crippen molar-refractivity contribution >= 4 is 29.3 Å². The second kappa shape index (κ2) is 8.54. The number of carbonyl (C=O) groups is 1. The quantitative estimate of drug-likeness (QED) is 0.621. The van der Waals surface area contributed by atoms with Gasteiger partial charge in [0.25, 0.3) is 0 Å². The van der Waals surface area contributed by atoms with Crippen LogP contribution in [0.2, 0.25) is 5.02 Å². The second-order valence-electron chi connectivity index (χ2n) is 6.05. The molecule has 1 N–H and O–H groups in total. The first kappa shape index (κ1) is 19.4. The zero-order valence-corrected chi connectivity index (χ0v) is 16.4. The van der Waals surface area contributed by atoms with Gasteiger partial charge in [-0.05, 0) is 49.2 Å². The molecule has 0 aliphatic rings. The molecule has 3 rings (SSSR count). The number of aryl methyl sites for hydroxylation is 1. The summed E-state index contributed by atoms with van der Waals surface area (Å²) in [6.45, 7) is 3.74. The van der Waals surface area contributed by atoms with Crippen LogP contribution in [-0.2, 0) is 4.79 Å². The van der Waals surface area contributed by atoms with Crippen LogP contribution in [0.4, 0.5) is 4.39 Å². The Morgan fingerprint density at radius 2 is 2.15 bits per heavy atom. The van der Waals surface area contributed by atoms with Gasteiger partial charge < -0.3 is 5.32 Å². The Morgan fingerprint density at radius 3 is 2.89 bits per heavy atom. The maximum absolute atomic E-state index is 13.3. The number of hydrogen-bond acceptors (Lipinski definition) is 4. The zero-order chi connectivity index (χ0) is 19.4. The van der Waals surface area contributed by atoms with E-state index in [0.29, 0.717) is 15.7 Å². The minimum atomic E-state index is -0.326. The average molecular weight is 405 g/mol. The van der Waals surface area contributed by atoms with E-state index in [-0.39, 0.29) is 23.5 Å². The van der Waals surface area contributed by atoms with E-state index in [1.807, 2.05) is 32.0 Å². The van der Waals surface area contributed by atoms with Gasteiger partial charge in [0.2, 0.25) is 5.91 Å². The molecule has 0 fully saturated rings. The van der Waals surface area contributed by atoms with E-state index in [1.165, 1.54) is 23.9 Å². The molecule has 0 radical (unpaired) electrons. The first-order valence-electron chi connectivity index (χ1n) is 8.28. The molecule has 5 nitrogen and oxygen atoms in total. The summed E-state index contributed by atoms with van der Waals surface area (Å²) in [4.78, 5) is 12.2. The van der Waals surface area contributed by atoms with Gasteiger partial charge in [-0.3, -0.25) is 9.36 Å². The summed E-state index contributed by atoms with van der Waals surface area (Å²) in [5.41, 5.74) is 2.52. The third-order valence-electron chi connectivity index (χ3n) is 4.01. The van der Waals surface area contributed by atoms with E-state index in [0.717, 1.165) is 11.3 Å². The molecule has 2 aromatic carbocycles. The fraction of sp³-hybridized carbons (Fsp3) is 0.211. The largest absolute Gasteiger partial charge is 0.349 e. The van der Waals surface area contributed by atoms with Gasteiger partial charge in [0.1, 0.15) is 12.1 Å². The molecule has 27 heavy (non-hydrogen) atoms. The second-order valence-corrected chi connectivity index (χ2v) is 7.40. The highest BCUT2D eigenvalue weighted by molar-refractivity contribution is 7.99. The van der Waals surface area contributed by atoms with Crippen molar-refractivity contribution in [3.63, 3.8) is 0 Å². The summed E-state index contributed by atoms with van der Waals surface area (Å²) in [6, 6.07) is 11.6. The Bertz CT molecular complexity index is 962. The monoisotopic (exact) mass is 404 g/mol. The number of carbonyl (C=O) groups excluding carboxylic acids is 1. The van der Waals surface area contributed by atoms with E-state index in [2.05, 4.69) is 15.5 Å². The molecule has 8 heteroatoms. The molecule has 0 unspecified atom stereocenters. The first-order valence-corrected chi connectivity index (χ1v) is 9.64. The number of halogens is 2. The molecule has 1 heterocycles. The molecule has 0 bridgehead atoms. The Balaban J connectivity index is 1.63. The topological polar surface area (TPSA) is 59.8 Å². The van der Waals surface area contributed by atoms with Crippen LogP contribution in [0.5, 0.6) is 0 Å². The number of hydrogen-bond donors (Lipinski definition) is 1. The number of rotatable bonds is 6.